The monoisotopic (exact) mass is 129 g/mol. The lowest BCUT2D eigenvalue weighted by Gasteiger charge is -2.00. The smallest absolute Gasteiger partial charge is 0.140 e. The number of carbonyl (C=O) groups excluding carboxylic acids is 2. The molecule has 3 heteroatoms. The fourth-order valence-corrected chi connectivity index (χ4v) is 0.547. The molecule has 0 fully saturated rings. The SMILES string of the molecule is CC(=O)C(C=O)CCN. The third-order valence-corrected chi connectivity index (χ3v) is 1.16. The Morgan fingerprint density at radius 2 is 2.33 bits per heavy atom. The molecule has 3 nitrogen and oxygen atoms in total. The molecule has 0 aromatic carbocycles. The van der Waals surface area contributed by atoms with E-state index in [4.69, 9.17) is 5.73 Å². The van der Waals surface area contributed by atoms with Crippen LogP contribution in [0.4, 0.5) is 0 Å². The summed E-state index contributed by atoms with van der Waals surface area (Å²) in [5.41, 5.74) is 5.13. The lowest BCUT2D eigenvalue weighted by atomic mass is 10.0. The molecule has 0 spiro atoms. The molecule has 0 rings (SSSR count). The van der Waals surface area contributed by atoms with E-state index >= 15 is 0 Å². The number of Topliss-reactive ketones (excluding diaryl/α,β-unsaturated/α-hetero) is 1. The van der Waals surface area contributed by atoms with Crippen molar-refractivity contribution in [3.8, 4) is 0 Å². The van der Waals surface area contributed by atoms with E-state index in [1.54, 1.807) is 0 Å². The molecule has 0 heterocycles. The van der Waals surface area contributed by atoms with Crippen LogP contribution in [0.2, 0.25) is 0 Å². The lowest BCUT2D eigenvalue weighted by molar-refractivity contribution is -0.125. The Morgan fingerprint density at radius 3 is 2.44 bits per heavy atom. The molecule has 0 aromatic heterocycles. The normalized spacial score (nSPS) is 12.7. The highest BCUT2D eigenvalue weighted by Gasteiger charge is 2.10. The molecular formula is C6H11NO2. The van der Waals surface area contributed by atoms with E-state index in [1.807, 2.05) is 0 Å². The second kappa shape index (κ2) is 4.21. The molecule has 0 bridgehead atoms. The minimum Gasteiger partial charge on any atom is -0.330 e. The average Bonchev–Trinajstić information content (AvgIpc) is 1.82. The van der Waals surface area contributed by atoms with E-state index in [-0.39, 0.29) is 5.78 Å². The molecule has 0 saturated carbocycles. The highest BCUT2D eigenvalue weighted by Crippen LogP contribution is 1.97. The number of rotatable bonds is 4. The molecule has 0 radical (unpaired) electrons. The van der Waals surface area contributed by atoms with Crippen molar-refractivity contribution in [3.05, 3.63) is 0 Å². The molecule has 1 atom stereocenters. The van der Waals surface area contributed by atoms with Crippen LogP contribution in [0, 0.1) is 5.92 Å². The van der Waals surface area contributed by atoms with E-state index in [9.17, 15) is 9.59 Å². The predicted octanol–water partition coefficient (Wildman–Crippen LogP) is -0.261. The maximum atomic E-state index is 10.5. The highest BCUT2D eigenvalue weighted by molar-refractivity contribution is 5.91. The summed E-state index contributed by atoms with van der Waals surface area (Å²) >= 11 is 0. The number of carbonyl (C=O) groups is 2. The zero-order valence-corrected chi connectivity index (χ0v) is 5.46. The molecule has 0 amide bonds. The van der Waals surface area contributed by atoms with Gasteiger partial charge >= 0.3 is 0 Å². The topological polar surface area (TPSA) is 60.2 Å². The maximum absolute atomic E-state index is 10.5. The molecule has 0 saturated heterocycles. The number of hydrogen-bond donors (Lipinski definition) is 1. The van der Waals surface area contributed by atoms with Crippen LogP contribution < -0.4 is 5.73 Å². The van der Waals surface area contributed by atoms with Crippen LogP contribution in [0.15, 0.2) is 0 Å². The van der Waals surface area contributed by atoms with E-state index in [2.05, 4.69) is 0 Å². The first-order valence-corrected chi connectivity index (χ1v) is 2.88. The van der Waals surface area contributed by atoms with Gasteiger partial charge in [0.2, 0.25) is 0 Å². The summed E-state index contributed by atoms with van der Waals surface area (Å²) in [6.45, 7) is 1.79. The van der Waals surface area contributed by atoms with Crippen LogP contribution in [0.3, 0.4) is 0 Å². The summed E-state index contributed by atoms with van der Waals surface area (Å²) in [5.74, 6) is -0.578. The van der Waals surface area contributed by atoms with Crippen LogP contribution in [0.5, 0.6) is 0 Å². The summed E-state index contributed by atoms with van der Waals surface area (Å²) in [5, 5.41) is 0. The van der Waals surface area contributed by atoms with E-state index in [0.717, 1.165) is 0 Å². The number of ketones is 1. The Hall–Kier alpha value is -0.700. The highest BCUT2D eigenvalue weighted by atomic mass is 16.1. The van der Waals surface area contributed by atoms with Crippen molar-refractivity contribution >= 4 is 12.1 Å². The van der Waals surface area contributed by atoms with Crippen LogP contribution in [-0.4, -0.2) is 18.6 Å². The lowest BCUT2D eigenvalue weighted by Crippen LogP contribution is -2.16. The van der Waals surface area contributed by atoms with Crippen LogP contribution in [-0.2, 0) is 9.59 Å². The van der Waals surface area contributed by atoms with Gasteiger partial charge in [0.05, 0.1) is 5.92 Å². The van der Waals surface area contributed by atoms with Gasteiger partial charge in [-0.2, -0.15) is 0 Å². The molecule has 2 N–H and O–H groups in total. The van der Waals surface area contributed by atoms with Gasteiger partial charge < -0.3 is 10.5 Å². The van der Waals surface area contributed by atoms with Gasteiger partial charge in [-0.25, -0.2) is 0 Å². The van der Waals surface area contributed by atoms with Gasteiger partial charge in [-0.05, 0) is 19.9 Å². The quantitative estimate of drug-likeness (QED) is 0.420. The minimum absolute atomic E-state index is 0.101. The Labute approximate surface area is 54.2 Å². The average molecular weight is 129 g/mol. The molecule has 0 aliphatic rings. The van der Waals surface area contributed by atoms with Gasteiger partial charge in [0.1, 0.15) is 12.1 Å². The van der Waals surface area contributed by atoms with Crippen molar-refractivity contribution in [2.75, 3.05) is 6.54 Å². The van der Waals surface area contributed by atoms with Gasteiger partial charge in [0, 0.05) is 0 Å². The Bertz CT molecular complexity index is 112. The molecule has 52 valence electrons. The second-order valence-electron chi connectivity index (χ2n) is 1.93. The number of aldehydes is 1. The van der Waals surface area contributed by atoms with Crippen molar-refractivity contribution in [3.63, 3.8) is 0 Å². The second-order valence-corrected chi connectivity index (χ2v) is 1.93. The molecular weight excluding hydrogens is 118 g/mol. The molecule has 0 aliphatic carbocycles. The van der Waals surface area contributed by atoms with Crippen molar-refractivity contribution in [2.45, 2.75) is 13.3 Å². The molecule has 0 aromatic rings. The molecule has 0 aliphatic heterocycles. The van der Waals surface area contributed by atoms with E-state index in [1.165, 1.54) is 6.92 Å². The Balaban J connectivity index is 3.68. The summed E-state index contributed by atoms with van der Waals surface area (Å²) < 4.78 is 0. The fourth-order valence-electron chi connectivity index (χ4n) is 0.547. The fraction of sp³-hybridized carbons (Fsp3) is 0.667. The first-order valence-electron chi connectivity index (χ1n) is 2.88. The van der Waals surface area contributed by atoms with E-state index < -0.39 is 5.92 Å². The zero-order chi connectivity index (χ0) is 7.28. The third-order valence-electron chi connectivity index (χ3n) is 1.16. The van der Waals surface area contributed by atoms with Crippen LogP contribution >= 0.6 is 0 Å². The minimum atomic E-state index is -0.477. The van der Waals surface area contributed by atoms with Crippen molar-refractivity contribution in [2.24, 2.45) is 11.7 Å². The summed E-state index contributed by atoms with van der Waals surface area (Å²) in [4.78, 5) is 20.5. The first-order chi connectivity index (χ1) is 4.22. The number of hydrogen-bond acceptors (Lipinski definition) is 3. The number of nitrogens with two attached hydrogens (primary N) is 1. The van der Waals surface area contributed by atoms with Gasteiger partial charge in [-0.1, -0.05) is 0 Å². The van der Waals surface area contributed by atoms with Gasteiger partial charge in [0.15, 0.2) is 0 Å². The van der Waals surface area contributed by atoms with Gasteiger partial charge in [-0.3, -0.25) is 4.79 Å². The zero-order valence-electron chi connectivity index (χ0n) is 5.46. The third kappa shape index (κ3) is 2.98. The maximum Gasteiger partial charge on any atom is 0.140 e. The van der Waals surface area contributed by atoms with Crippen molar-refractivity contribution in [1.82, 2.24) is 0 Å². The molecule has 9 heavy (non-hydrogen) atoms. The standard InChI is InChI=1S/C6H11NO2/c1-5(9)6(4-8)2-3-7/h4,6H,2-3,7H2,1H3. The summed E-state index contributed by atoms with van der Waals surface area (Å²) in [6.07, 6.45) is 1.12. The Morgan fingerprint density at radius 1 is 1.78 bits per heavy atom. The Kier molecular flexibility index (Phi) is 3.88. The predicted molar refractivity (Wildman–Crippen MR) is 33.9 cm³/mol. The van der Waals surface area contributed by atoms with Gasteiger partial charge in [0.25, 0.3) is 0 Å². The van der Waals surface area contributed by atoms with Crippen LogP contribution in [0.25, 0.3) is 0 Å². The largest absolute Gasteiger partial charge is 0.330 e. The summed E-state index contributed by atoms with van der Waals surface area (Å²) in [7, 11) is 0. The van der Waals surface area contributed by atoms with Crippen molar-refractivity contribution < 1.29 is 9.59 Å². The van der Waals surface area contributed by atoms with Crippen molar-refractivity contribution in [1.29, 1.82) is 0 Å². The van der Waals surface area contributed by atoms with E-state index in [0.29, 0.717) is 19.3 Å². The first kappa shape index (κ1) is 8.30. The van der Waals surface area contributed by atoms with Crippen LogP contribution in [0.1, 0.15) is 13.3 Å². The molecule has 1 unspecified atom stereocenters. The van der Waals surface area contributed by atoms with Gasteiger partial charge in [-0.15, -0.1) is 0 Å². The summed E-state index contributed by atoms with van der Waals surface area (Å²) in [6, 6.07) is 0.